The molecule has 0 radical (unpaired) electrons. The van der Waals surface area contributed by atoms with Crippen molar-refractivity contribution in [3.05, 3.63) is 17.5 Å². The van der Waals surface area contributed by atoms with Crippen LogP contribution in [-0.4, -0.2) is 47.2 Å². The Hall–Kier alpha value is -1.57. The van der Waals surface area contributed by atoms with Gasteiger partial charge in [-0.1, -0.05) is 0 Å². The van der Waals surface area contributed by atoms with Gasteiger partial charge in [0.05, 0.1) is 11.8 Å². The van der Waals surface area contributed by atoms with Gasteiger partial charge in [0.1, 0.15) is 0 Å². The first kappa shape index (κ1) is 12.9. The van der Waals surface area contributed by atoms with Crippen LogP contribution in [0.4, 0.5) is 13.2 Å². The Morgan fingerprint density at radius 2 is 2.11 bits per heavy atom. The number of nitrogens with zero attached hydrogens (tertiary/aromatic N) is 2. The molecule has 2 N–H and O–H groups in total. The summed E-state index contributed by atoms with van der Waals surface area (Å²) in [4.78, 5) is 13.4. The van der Waals surface area contributed by atoms with E-state index in [9.17, 15) is 18.0 Å². The normalized spacial score (nSPS) is 17.6. The van der Waals surface area contributed by atoms with Gasteiger partial charge in [0.25, 0.3) is 5.91 Å². The number of hydrogen-bond donors (Lipinski definition) is 2. The molecule has 0 bridgehead atoms. The number of halogens is 3. The number of H-pyrrole nitrogens is 1. The number of amides is 1. The first-order valence-electron chi connectivity index (χ1n) is 5.60. The molecular weight excluding hydrogens is 249 g/mol. The third kappa shape index (κ3) is 2.63. The molecule has 0 saturated carbocycles. The number of hydrogen-bond acceptors (Lipinski definition) is 3. The molecule has 18 heavy (non-hydrogen) atoms. The molecule has 5 nitrogen and oxygen atoms in total. The van der Waals surface area contributed by atoms with Crippen LogP contribution in [0.2, 0.25) is 0 Å². The number of aromatic nitrogens is 2. The van der Waals surface area contributed by atoms with Crippen LogP contribution in [0.3, 0.4) is 0 Å². The predicted octanol–water partition coefficient (Wildman–Crippen LogP) is 0.864. The van der Waals surface area contributed by atoms with Crippen molar-refractivity contribution in [3.8, 4) is 0 Å². The highest BCUT2D eigenvalue weighted by Gasteiger charge is 2.38. The lowest BCUT2D eigenvalue weighted by atomic mass is 10.2. The first-order chi connectivity index (χ1) is 8.50. The van der Waals surface area contributed by atoms with Gasteiger partial charge < -0.3 is 10.2 Å². The Morgan fingerprint density at radius 3 is 2.83 bits per heavy atom. The van der Waals surface area contributed by atoms with Crippen molar-refractivity contribution in [3.63, 3.8) is 0 Å². The molecule has 0 aromatic carbocycles. The fourth-order valence-corrected chi connectivity index (χ4v) is 1.88. The molecule has 1 aliphatic heterocycles. The number of rotatable bonds is 1. The topological polar surface area (TPSA) is 61.0 Å². The van der Waals surface area contributed by atoms with Crippen molar-refractivity contribution < 1.29 is 18.0 Å². The summed E-state index contributed by atoms with van der Waals surface area (Å²) in [5.74, 6) is -0.625. The Labute approximate surface area is 101 Å². The fraction of sp³-hybridized carbons (Fsp3) is 0.600. The van der Waals surface area contributed by atoms with E-state index in [4.69, 9.17) is 0 Å². The molecule has 100 valence electrons. The second-order valence-corrected chi connectivity index (χ2v) is 4.05. The number of nitrogens with one attached hydrogen (secondary N) is 2. The molecule has 8 heteroatoms. The summed E-state index contributed by atoms with van der Waals surface area (Å²) in [6.07, 6.45) is -2.93. The maximum Gasteiger partial charge on any atom is 0.433 e. The summed E-state index contributed by atoms with van der Waals surface area (Å²) in [6.45, 7) is 2.21. The molecule has 1 fully saturated rings. The van der Waals surface area contributed by atoms with Crippen molar-refractivity contribution in [2.75, 3.05) is 26.2 Å². The third-order valence-electron chi connectivity index (χ3n) is 2.78. The second kappa shape index (κ2) is 4.97. The minimum absolute atomic E-state index is 0.404. The van der Waals surface area contributed by atoms with E-state index >= 15 is 0 Å². The van der Waals surface area contributed by atoms with Crippen LogP contribution in [0.25, 0.3) is 0 Å². The smallest absolute Gasteiger partial charge is 0.337 e. The van der Waals surface area contributed by atoms with Gasteiger partial charge >= 0.3 is 6.18 Å². The van der Waals surface area contributed by atoms with E-state index in [2.05, 4.69) is 10.4 Å². The van der Waals surface area contributed by atoms with E-state index in [1.807, 2.05) is 5.10 Å². The highest BCUT2D eigenvalue weighted by molar-refractivity contribution is 5.95. The zero-order chi connectivity index (χ0) is 13.2. The number of aromatic amines is 1. The van der Waals surface area contributed by atoms with Crippen molar-refractivity contribution in [1.29, 1.82) is 0 Å². The quantitative estimate of drug-likeness (QED) is 0.789. The predicted molar refractivity (Wildman–Crippen MR) is 57.0 cm³/mol. The molecular formula is C10H13F3N4O. The molecule has 1 aliphatic rings. The summed E-state index contributed by atoms with van der Waals surface area (Å²) in [5, 5.41) is 8.25. The van der Waals surface area contributed by atoms with Crippen LogP contribution in [0.5, 0.6) is 0 Å². The largest absolute Gasteiger partial charge is 0.433 e. The van der Waals surface area contributed by atoms with Gasteiger partial charge in [-0.3, -0.25) is 9.89 Å². The van der Waals surface area contributed by atoms with Crippen molar-refractivity contribution in [1.82, 2.24) is 20.4 Å². The molecule has 0 atom stereocenters. The minimum atomic E-state index is -4.59. The van der Waals surface area contributed by atoms with Gasteiger partial charge in [-0.2, -0.15) is 18.3 Å². The molecule has 0 aliphatic carbocycles. The highest BCUT2D eigenvalue weighted by Crippen LogP contribution is 2.30. The van der Waals surface area contributed by atoms with E-state index in [1.54, 1.807) is 0 Å². The van der Waals surface area contributed by atoms with E-state index in [-0.39, 0.29) is 0 Å². The van der Waals surface area contributed by atoms with Crippen LogP contribution in [0.15, 0.2) is 6.20 Å². The van der Waals surface area contributed by atoms with Crippen molar-refractivity contribution >= 4 is 5.91 Å². The number of carbonyl (C=O) groups is 1. The van der Waals surface area contributed by atoms with Gasteiger partial charge in [-0.25, -0.2) is 0 Å². The summed E-state index contributed by atoms with van der Waals surface area (Å²) < 4.78 is 37.9. The second-order valence-electron chi connectivity index (χ2n) is 4.05. The van der Waals surface area contributed by atoms with E-state index in [1.165, 1.54) is 4.90 Å². The molecule has 2 heterocycles. The van der Waals surface area contributed by atoms with E-state index in [0.717, 1.165) is 19.2 Å². The van der Waals surface area contributed by atoms with Gasteiger partial charge in [-0.15, -0.1) is 0 Å². The average molecular weight is 262 g/mol. The Bertz CT molecular complexity index is 421. The molecule has 1 saturated heterocycles. The Morgan fingerprint density at radius 1 is 1.33 bits per heavy atom. The monoisotopic (exact) mass is 262 g/mol. The van der Waals surface area contributed by atoms with Gasteiger partial charge in [0.15, 0.2) is 5.69 Å². The molecule has 0 unspecified atom stereocenters. The van der Waals surface area contributed by atoms with Crippen LogP contribution < -0.4 is 5.32 Å². The fourth-order valence-electron chi connectivity index (χ4n) is 1.88. The van der Waals surface area contributed by atoms with Gasteiger partial charge in [0, 0.05) is 19.6 Å². The molecule has 1 amide bonds. The maximum atomic E-state index is 12.6. The maximum absolute atomic E-state index is 12.6. The summed E-state index contributed by atoms with van der Waals surface area (Å²) in [7, 11) is 0. The Kier molecular flexibility index (Phi) is 3.55. The average Bonchev–Trinajstić information content (AvgIpc) is 2.64. The van der Waals surface area contributed by atoms with Crippen LogP contribution in [0.1, 0.15) is 22.5 Å². The SMILES string of the molecule is O=C(c1cn[nH]c1C(F)(F)F)N1CCCNCC1. The standard InChI is InChI=1S/C10H13F3N4O/c11-10(12,13)8-7(6-15-16-8)9(18)17-4-1-2-14-3-5-17/h6,14H,1-5H2,(H,15,16). The summed E-state index contributed by atoms with van der Waals surface area (Å²) >= 11 is 0. The first-order valence-corrected chi connectivity index (χ1v) is 5.60. The van der Waals surface area contributed by atoms with Crippen LogP contribution in [0, 0.1) is 0 Å². The van der Waals surface area contributed by atoms with Gasteiger partial charge in [-0.05, 0) is 13.0 Å². The van der Waals surface area contributed by atoms with Crippen molar-refractivity contribution in [2.24, 2.45) is 0 Å². The molecule has 1 aromatic rings. The molecule has 0 spiro atoms. The number of carbonyl (C=O) groups excluding carboxylic acids is 1. The lowest BCUT2D eigenvalue weighted by Crippen LogP contribution is -2.35. The summed E-state index contributed by atoms with van der Waals surface area (Å²) in [6, 6.07) is 0. The van der Waals surface area contributed by atoms with E-state index in [0.29, 0.717) is 19.6 Å². The molecule has 1 aromatic heterocycles. The van der Waals surface area contributed by atoms with Gasteiger partial charge in [0.2, 0.25) is 0 Å². The Balaban J connectivity index is 2.20. The highest BCUT2D eigenvalue weighted by atomic mass is 19.4. The molecule has 2 rings (SSSR count). The van der Waals surface area contributed by atoms with Crippen LogP contribution in [-0.2, 0) is 6.18 Å². The lowest BCUT2D eigenvalue weighted by molar-refractivity contribution is -0.141. The summed E-state index contributed by atoms with van der Waals surface area (Å²) in [5.41, 5.74) is -1.49. The lowest BCUT2D eigenvalue weighted by Gasteiger charge is -2.20. The minimum Gasteiger partial charge on any atom is -0.337 e. The zero-order valence-corrected chi connectivity index (χ0v) is 9.55. The third-order valence-corrected chi connectivity index (χ3v) is 2.78. The number of alkyl halides is 3. The van der Waals surface area contributed by atoms with E-state index < -0.39 is 23.3 Å². The van der Waals surface area contributed by atoms with Crippen LogP contribution >= 0.6 is 0 Å². The van der Waals surface area contributed by atoms with Crippen molar-refractivity contribution in [2.45, 2.75) is 12.6 Å². The zero-order valence-electron chi connectivity index (χ0n) is 9.55.